The summed E-state index contributed by atoms with van der Waals surface area (Å²) in [7, 11) is 0. The fraction of sp³-hybridized carbons (Fsp3) is 0.105. The van der Waals surface area contributed by atoms with Crippen LogP contribution in [0.15, 0.2) is 64.3 Å². The van der Waals surface area contributed by atoms with Crippen LogP contribution in [0.5, 0.6) is 0 Å². The predicted octanol–water partition coefficient (Wildman–Crippen LogP) is 4.65. The minimum atomic E-state index is -0.189. The smallest absolute Gasteiger partial charge is 0.256 e. The number of aromatic nitrogens is 1. The number of hydrogen-bond donors (Lipinski definition) is 2. The van der Waals surface area contributed by atoms with Crippen LogP contribution in [0.2, 0.25) is 0 Å². The molecule has 0 fully saturated rings. The van der Waals surface area contributed by atoms with E-state index >= 15 is 0 Å². The number of hydrogen-bond acceptors (Lipinski definition) is 5. The molecule has 3 rings (SSSR count). The molecule has 132 valence electrons. The van der Waals surface area contributed by atoms with Crippen molar-refractivity contribution >= 4 is 46.3 Å². The highest BCUT2D eigenvalue weighted by Gasteiger charge is 2.12. The van der Waals surface area contributed by atoms with E-state index in [-0.39, 0.29) is 11.8 Å². The van der Waals surface area contributed by atoms with Gasteiger partial charge in [0.25, 0.3) is 5.91 Å². The minimum Gasteiger partial charge on any atom is -0.326 e. The molecule has 2 aromatic carbocycles. The van der Waals surface area contributed by atoms with Gasteiger partial charge in [-0.1, -0.05) is 18.2 Å². The molecule has 0 atom stereocenters. The van der Waals surface area contributed by atoms with Crippen molar-refractivity contribution in [3.05, 3.63) is 70.7 Å². The number of nitrogens with zero attached hydrogens (tertiary/aromatic N) is 1. The van der Waals surface area contributed by atoms with Crippen LogP contribution in [0.3, 0.4) is 0 Å². The van der Waals surface area contributed by atoms with Crippen molar-refractivity contribution in [2.45, 2.75) is 17.6 Å². The summed E-state index contributed by atoms with van der Waals surface area (Å²) in [4.78, 5) is 29.0. The zero-order valence-corrected chi connectivity index (χ0v) is 15.7. The minimum absolute atomic E-state index is 0.155. The summed E-state index contributed by atoms with van der Waals surface area (Å²) >= 11 is 3.14. The number of amides is 2. The zero-order chi connectivity index (χ0) is 18.4. The Hall–Kier alpha value is -2.64. The third-order valence-electron chi connectivity index (χ3n) is 3.43. The zero-order valence-electron chi connectivity index (χ0n) is 14.1. The lowest BCUT2D eigenvalue weighted by molar-refractivity contribution is -0.114. The standard InChI is InChI=1S/C19H17N3O2S2/c1-13(23)21-14-5-4-6-15(9-14)22-19(24)17-7-2-3-8-18(17)26-11-16-10-25-12-20-16/h2-10,12H,11H2,1H3,(H,21,23)(H,22,24). The van der Waals surface area contributed by atoms with Gasteiger partial charge in [-0.05, 0) is 30.3 Å². The molecular formula is C19H17N3O2S2. The number of thiazole rings is 1. The van der Waals surface area contributed by atoms with Gasteiger partial charge < -0.3 is 10.6 Å². The third-order valence-corrected chi connectivity index (χ3v) is 5.17. The molecule has 0 saturated carbocycles. The summed E-state index contributed by atoms with van der Waals surface area (Å²) in [5.74, 6) is 0.370. The molecule has 0 saturated heterocycles. The number of rotatable bonds is 6. The van der Waals surface area contributed by atoms with E-state index in [0.717, 1.165) is 10.6 Å². The molecule has 0 aliphatic heterocycles. The molecule has 0 aliphatic carbocycles. The number of benzene rings is 2. The Morgan fingerprint density at radius 3 is 2.58 bits per heavy atom. The van der Waals surface area contributed by atoms with Gasteiger partial charge in [-0.25, -0.2) is 4.98 Å². The van der Waals surface area contributed by atoms with Gasteiger partial charge in [0.2, 0.25) is 5.91 Å². The largest absolute Gasteiger partial charge is 0.326 e. The van der Waals surface area contributed by atoms with Crippen molar-refractivity contribution in [3.8, 4) is 0 Å². The SMILES string of the molecule is CC(=O)Nc1cccc(NC(=O)c2ccccc2SCc2cscn2)c1. The Balaban J connectivity index is 1.72. The number of nitrogens with one attached hydrogen (secondary N) is 2. The van der Waals surface area contributed by atoms with Crippen LogP contribution in [0.25, 0.3) is 0 Å². The Labute approximate surface area is 159 Å². The molecule has 0 radical (unpaired) electrons. The van der Waals surface area contributed by atoms with E-state index in [2.05, 4.69) is 15.6 Å². The van der Waals surface area contributed by atoms with Crippen molar-refractivity contribution in [1.82, 2.24) is 4.98 Å². The lowest BCUT2D eigenvalue weighted by atomic mass is 10.2. The Bertz CT molecular complexity index is 911. The highest BCUT2D eigenvalue weighted by molar-refractivity contribution is 7.98. The summed E-state index contributed by atoms with van der Waals surface area (Å²) in [6.07, 6.45) is 0. The van der Waals surface area contributed by atoms with Gasteiger partial charge in [-0.3, -0.25) is 9.59 Å². The Morgan fingerprint density at radius 1 is 1.08 bits per heavy atom. The molecule has 0 bridgehead atoms. The summed E-state index contributed by atoms with van der Waals surface area (Å²) in [6, 6.07) is 14.6. The van der Waals surface area contributed by atoms with Crippen molar-refractivity contribution in [3.63, 3.8) is 0 Å². The summed E-state index contributed by atoms with van der Waals surface area (Å²) in [6.45, 7) is 1.45. The van der Waals surface area contributed by atoms with Crippen molar-refractivity contribution < 1.29 is 9.59 Å². The second-order valence-electron chi connectivity index (χ2n) is 5.48. The van der Waals surface area contributed by atoms with Crippen LogP contribution in [0, 0.1) is 0 Å². The van der Waals surface area contributed by atoms with Gasteiger partial charge in [0.05, 0.1) is 16.8 Å². The maximum absolute atomic E-state index is 12.7. The summed E-state index contributed by atoms with van der Waals surface area (Å²) in [5.41, 5.74) is 4.68. The summed E-state index contributed by atoms with van der Waals surface area (Å²) in [5, 5.41) is 7.60. The molecule has 0 unspecified atom stereocenters. The second-order valence-corrected chi connectivity index (χ2v) is 7.22. The summed E-state index contributed by atoms with van der Waals surface area (Å²) < 4.78 is 0. The fourth-order valence-corrected chi connectivity index (χ4v) is 3.93. The monoisotopic (exact) mass is 383 g/mol. The first-order valence-corrected chi connectivity index (χ1v) is 9.82. The van der Waals surface area contributed by atoms with Gasteiger partial charge in [0.15, 0.2) is 0 Å². The molecule has 3 aromatic rings. The first-order chi connectivity index (χ1) is 12.6. The van der Waals surface area contributed by atoms with Crippen molar-refractivity contribution in [1.29, 1.82) is 0 Å². The average Bonchev–Trinajstić information content (AvgIpc) is 3.13. The van der Waals surface area contributed by atoms with E-state index in [1.165, 1.54) is 6.92 Å². The Kier molecular flexibility index (Phi) is 6.04. The topological polar surface area (TPSA) is 71.1 Å². The quantitative estimate of drug-likeness (QED) is 0.608. The van der Waals surface area contributed by atoms with Gasteiger partial charge in [0.1, 0.15) is 0 Å². The van der Waals surface area contributed by atoms with E-state index in [1.54, 1.807) is 58.9 Å². The molecule has 2 N–H and O–H groups in total. The number of carbonyl (C=O) groups is 2. The van der Waals surface area contributed by atoms with Gasteiger partial charge in [-0.15, -0.1) is 23.1 Å². The third kappa shape index (κ3) is 4.93. The number of anilines is 2. The molecule has 0 spiro atoms. The van der Waals surface area contributed by atoms with Gasteiger partial charge in [0, 0.05) is 34.3 Å². The van der Waals surface area contributed by atoms with E-state index in [1.807, 2.05) is 23.6 Å². The second kappa shape index (κ2) is 8.64. The van der Waals surface area contributed by atoms with Gasteiger partial charge in [-0.2, -0.15) is 0 Å². The van der Waals surface area contributed by atoms with Crippen LogP contribution >= 0.6 is 23.1 Å². The van der Waals surface area contributed by atoms with E-state index in [0.29, 0.717) is 22.7 Å². The molecule has 0 aliphatic rings. The van der Waals surface area contributed by atoms with Crippen LogP contribution in [0.4, 0.5) is 11.4 Å². The molecular weight excluding hydrogens is 366 g/mol. The lowest BCUT2D eigenvalue weighted by Crippen LogP contribution is -2.13. The fourth-order valence-electron chi connectivity index (χ4n) is 2.32. The number of thioether (sulfide) groups is 1. The molecule has 1 aromatic heterocycles. The normalized spacial score (nSPS) is 10.3. The van der Waals surface area contributed by atoms with E-state index in [9.17, 15) is 9.59 Å². The average molecular weight is 383 g/mol. The Morgan fingerprint density at radius 2 is 1.85 bits per heavy atom. The first-order valence-electron chi connectivity index (χ1n) is 7.90. The van der Waals surface area contributed by atoms with E-state index in [4.69, 9.17) is 0 Å². The molecule has 1 heterocycles. The van der Waals surface area contributed by atoms with E-state index < -0.39 is 0 Å². The predicted molar refractivity (Wildman–Crippen MR) is 107 cm³/mol. The van der Waals surface area contributed by atoms with Gasteiger partial charge >= 0.3 is 0 Å². The lowest BCUT2D eigenvalue weighted by Gasteiger charge is -2.11. The van der Waals surface area contributed by atoms with Crippen molar-refractivity contribution in [2.24, 2.45) is 0 Å². The van der Waals surface area contributed by atoms with Crippen LogP contribution < -0.4 is 10.6 Å². The molecule has 2 amide bonds. The van der Waals surface area contributed by atoms with Crippen LogP contribution in [-0.2, 0) is 10.5 Å². The maximum atomic E-state index is 12.7. The maximum Gasteiger partial charge on any atom is 0.256 e. The highest BCUT2D eigenvalue weighted by Crippen LogP contribution is 2.27. The van der Waals surface area contributed by atoms with Crippen LogP contribution in [0.1, 0.15) is 23.0 Å². The number of carbonyl (C=O) groups excluding carboxylic acids is 2. The molecule has 26 heavy (non-hydrogen) atoms. The molecule has 7 heteroatoms. The van der Waals surface area contributed by atoms with Crippen molar-refractivity contribution in [2.75, 3.05) is 10.6 Å². The highest BCUT2D eigenvalue weighted by atomic mass is 32.2. The first kappa shape index (κ1) is 18.2. The van der Waals surface area contributed by atoms with Crippen LogP contribution in [-0.4, -0.2) is 16.8 Å². The molecule has 5 nitrogen and oxygen atoms in total.